The van der Waals surface area contributed by atoms with Crippen LogP contribution in [0, 0.1) is 0 Å². The molecule has 0 atom stereocenters. The number of aromatic nitrogens is 3. The first kappa shape index (κ1) is 26.7. The quantitative estimate of drug-likeness (QED) is 0.182. The second-order valence-electron chi connectivity index (χ2n) is 12.4. The molecule has 0 saturated heterocycles. The first-order valence-corrected chi connectivity index (χ1v) is 16.4. The Labute approximate surface area is 277 Å². The fourth-order valence-electron chi connectivity index (χ4n) is 7.60. The topological polar surface area (TPSA) is 22.2 Å². The van der Waals surface area contributed by atoms with Gasteiger partial charge in [0.15, 0.2) is 0 Å². The normalized spacial score (nSPS) is 11.8. The van der Waals surface area contributed by atoms with Crippen molar-refractivity contribution >= 4 is 49.0 Å². The van der Waals surface area contributed by atoms with Crippen LogP contribution in [0.2, 0.25) is 0 Å². The van der Waals surface area contributed by atoms with E-state index in [0.29, 0.717) is 0 Å². The summed E-state index contributed by atoms with van der Waals surface area (Å²) in [5.41, 5.74) is 11.3. The van der Waals surface area contributed by atoms with Gasteiger partial charge in [-0.05, 0) is 46.8 Å². The second-order valence-corrected chi connectivity index (χ2v) is 12.4. The van der Waals surface area contributed by atoms with Crippen LogP contribution in [0.3, 0.4) is 0 Å². The Hall–Kier alpha value is -6.45. The Bertz CT molecular complexity index is 2800. The number of pyridine rings is 1. The van der Waals surface area contributed by atoms with Crippen molar-refractivity contribution in [2.45, 2.75) is 0 Å². The van der Waals surface area contributed by atoms with E-state index in [2.05, 4.69) is 185 Å². The van der Waals surface area contributed by atoms with Crippen LogP contribution in [0.15, 0.2) is 176 Å². The van der Waals surface area contributed by atoms with Gasteiger partial charge in [0, 0.05) is 38.4 Å². The number of hydrogen-bond acceptors (Lipinski definition) is 1. The summed E-state index contributed by atoms with van der Waals surface area (Å²) in [6.45, 7) is 0. The van der Waals surface area contributed by atoms with Crippen LogP contribution in [0.25, 0.3) is 88.5 Å². The number of nitrogens with zero attached hydrogens (tertiary/aromatic N) is 3. The Morgan fingerprint density at radius 3 is 1.71 bits per heavy atom. The highest BCUT2D eigenvalue weighted by atomic mass is 15.0. The van der Waals surface area contributed by atoms with Gasteiger partial charge in [-0.3, -0.25) is 4.40 Å². The standard InChI is InChI=1S/C45H29N3/c1-5-15-30(16-6-1)33-25-26-35-36-27-28-39-41(37-23-13-14-24-38(37)47(39)34-21-11-4-12-22-34)42(36)44-43(31-17-7-2-8-18-31)46-45(48(44)40(35)29-33)32-19-9-3-10-20-32/h1-29H. The minimum atomic E-state index is 0.936. The fourth-order valence-corrected chi connectivity index (χ4v) is 7.60. The van der Waals surface area contributed by atoms with E-state index in [-0.39, 0.29) is 0 Å². The minimum absolute atomic E-state index is 0.936. The second kappa shape index (κ2) is 10.5. The molecular formula is C45H29N3. The molecule has 0 aliphatic rings. The van der Waals surface area contributed by atoms with Gasteiger partial charge in [0.1, 0.15) is 5.82 Å². The van der Waals surface area contributed by atoms with E-state index < -0.39 is 0 Å². The summed E-state index contributed by atoms with van der Waals surface area (Å²) in [6.07, 6.45) is 0. The van der Waals surface area contributed by atoms with Gasteiger partial charge >= 0.3 is 0 Å². The monoisotopic (exact) mass is 611 g/mol. The molecule has 0 spiro atoms. The minimum Gasteiger partial charge on any atom is -0.309 e. The Morgan fingerprint density at radius 2 is 0.979 bits per heavy atom. The van der Waals surface area contributed by atoms with Crippen molar-refractivity contribution in [2.24, 2.45) is 0 Å². The van der Waals surface area contributed by atoms with Crippen LogP contribution in [0.4, 0.5) is 0 Å². The lowest BCUT2D eigenvalue weighted by atomic mass is 9.96. The van der Waals surface area contributed by atoms with E-state index in [1.165, 1.54) is 49.1 Å². The van der Waals surface area contributed by atoms with Gasteiger partial charge in [0.05, 0.1) is 27.8 Å². The number of imidazole rings is 1. The van der Waals surface area contributed by atoms with Crippen molar-refractivity contribution in [3.05, 3.63) is 176 Å². The summed E-state index contributed by atoms with van der Waals surface area (Å²) in [7, 11) is 0. The average molecular weight is 612 g/mol. The summed E-state index contributed by atoms with van der Waals surface area (Å²) in [4.78, 5) is 5.54. The fraction of sp³-hybridized carbons (Fsp3) is 0. The molecule has 3 nitrogen and oxygen atoms in total. The molecule has 0 radical (unpaired) electrons. The predicted octanol–water partition coefficient (Wildman–Crippen LogP) is 11.7. The highest BCUT2D eigenvalue weighted by molar-refractivity contribution is 6.31. The summed E-state index contributed by atoms with van der Waals surface area (Å²) in [5, 5.41) is 6.10. The molecule has 224 valence electrons. The molecule has 10 rings (SSSR count). The zero-order chi connectivity index (χ0) is 31.6. The molecule has 0 bridgehead atoms. The average Bonchev–Trinajstić information content (AvgIpc) is 3.73. The Morgan fingerprint density at radius 1 is 0.375 bits per heavy atom. The van der Waals surface area contributed by atoms with Gasteiger partial charge in [0.2, 0.25) is 0 Å². The molecule has 10 aromatic rings. The molecule has 3 heteroatoms. The lowest BCUT2D eigenvalue weighted by Crippen LogP contribution is -1.96. The molecule has 7 aromatic carbocycles. The molecule has 0 aliphatic carbocycles. The van der Waals surface area contributed by atoms with E-state index in [1.807, 2.05) is 0 Å². The summed E-state index contributed by atoms with van der Waals surface area (Å²) in [6, 6.07) is 63.0. The zero-order valence-corrected chi connectivity index (χ0v) is 26.1. The number of fused-ring (bicyclic) bond motifs is 10. The maximum absolute atomic E-state index is 5.54. The van der Waals surface area contributed by atoms with E-state index >= 15 is 0 Å². The van der Waals surface area contributed by atoms with Gasteiger partial charge in [-0.15, -0.1) is 0 Å². The molecule has 0 amide bonds. The molecular weight excluding hydrogens is 583 g/mol. The lowest BCUT2D eigenvalue weighted by molar-refractivity contribution is 1.18. The van der Waals surface area contributed by atoms with Crippen molar-refractivity contribution in [3.63, 3.8) is 0 Å². The van der Waals surface area contributed by atoms with E-state index in [4.69, 9.17) is 4.98 Å². The number of benzene rings is 7. The zero-order valence-electron chi connectivity index (χ0n) is 26.1. The van der Waals surface area contributed by atoms with E-state index in [1.54, 1.807) is 0 Å². The Kier molecular flexibility index (Phi) is 5.87. The molecule has 0 fully saturated rings. The number of rotatable bonds is 4. The third kappa shape index (κ3) is 3.91. The van der Waals surface area contributed by atoms with Gasteiger partial charge in [-0.25, -0.2) is 4.98 Å². The van der Waals surface area contributed by atoms with Crippen LogP contribution in [0.1, 0.15) is 0 Å². The van der Waals surface area contributed by atoms with Crippen molar-refractivity contribution in [1.82, 2.24) is 14.0 Å². The molecule has 48 heavy (non-hydrogen) atoms. The lowest BCUT2D eigenvalue weighted by Gasteiger charge is -2.15. The van der Waals surface area contributed by atoms with Crippen LogP contribution < -0.4 is 0 Å². The van der Waals surface area contributed by atoms with Crippen molar-refractivity contribution in [1.29, 1.82) is 0 Å². The molecule has 0 aliphatic heterocycles. The number of hydrogen-bond donors (Lipinski definition) is 0. The predicted molar refractivity (Wildman–Crippen MR) is 201 cm³/mol. The third-order valence-electron chi connectivity index (χ3n) is 9.68. The first-order chi connectivity index (χ1) is 23.8. The van der Waals surface area contributed by atoms with E-state index in [0.717, 1.165) is 39.4 Å². The molecule has 0 N–H and O–H groups in total. The van der Waals surface area contributed by atoms with Gasteiger partial charge in [0.25, 0.3) is 0 Å². The summed E-state index contributed by atoms with van der Waals surface area (Å²) in [5.74, 6) is 0.936. The Balaban J connectivity index is 1.48. The molecule has 0 unspecified atom stereocenters. The SMILES string of the molecule is c1ccc(-c2ccc3c4ccc5c(c6ccccc6n5-c5ccccc5)c4c4c(-c5ccccc5)nc(-c5ccccc5)n4c3c2)cc1. The summed E-state index contributed by atoms with van der Waals surface area (Å²) >= 11 is 0. The maximum atomic E-state index is 5.54. The van der Waals surface area contributed by atoms with E-state index in [9.17, 15) is 0 Å². The van der Waals surface area contributed by atoms with Crippen molar-refractivity contribution < 1.29 is 0 Å². The third-order valence-corrected chi connectivity index (χ3v) is 9.68. The smallest absolute Gasteiger partial charge is 0.145 e. The number of para-hydroxylation sites is 2. The highest BCUT2D eigenvalue weighted by Gasteiger charge is 2.24. The maximum Gasteiger partial charge on any atom is 0.145 e. The first-order valence-electron chi connectivity index (χ1n) is 16.4. The van der Waals surface area contributed by atoms with Crippen LogP contribution in [-0.2, 0) is 0 Å². The molecule has 3 heterocycles. The van der Waals surface area contributed by atoms with Crippen LogP contribution in [-0.4, -0.2) is 14.0 Å². The largest absolute Gasteiger partial charge is 0.309 e. The van der Waals surface area contributed by atoms with Crippen molar-refractivity contribution in [3.8, 4) is 39.5 Å². The van der Waals surface area contributed by atoms with Crippen LogP contribution in [0.5, 0.6) is 0 Å². The van der Waals surface area contributed by atoms with Gasteiger partial charge in [-0.2, -0.15) is 0 Å². The van der Waals surface area contributed by atoms with Crippen molar-refractivity contribution in [2.75, 3.05) is 0 Å². The van der Waals surface area contributed by atoms with Gasteiger partial charge in [-0.1, -0.05) is 146 Å². The molecule has 0 saturated carbocycles. The van der Waals surface area contributed by atoms with Crippen LogP contribution >= 0.6 is 0 Å². The molecule has 3 aromatic heterocycles. The highest BCUT2D eigenvalue weighted by Crippen LogP contribution is 2.45. The summed E-state index contributed by atoms with van der Waals surface area (Å²) < 4.78 is 4.83. The van der Waals surface area contributed by atoms with Gasteiger partial charge < -0.3 is 4.57 Å².